The SMILES string of the molecule is [2H]C1C([2H])[C@]2(C[C@@H]3C[C@@H](CC=C(C)[C@@H](O[C@H]4C[C@H](OC)[C@@H](O[C@H]5C[C@H](OC)[C@@H](O)[C@H](C)O5)[C@H](C)O4)[C@@H](C)C=CC=C4CO[C@@H]5[C@H](O)C(C)=C[C@@H](C(=O)O3)[C@]45O)O2)O[C@H](C(C)C)[C@H]1C. The van der Waals surface area contributed by atoms with Crippen molar-refractivity contribution in [1.29, 1.82) is 0 Å². The Morgan fingerprint density at radius 3 is 2.34 bits per heavy atom. The third kappa shape index (κ3) is 9.67. The predicted octanol–water partition coefficient (Wildman–Crippen LogP) is 5.21. The summed E-state index contributed by atoms with van der Waals surface area (Å²) in [6.07, 6.45) is -0.211. The number of methoxy groups -OCH3 is 2. The largest absolute Gasteiger partial charge is 0.462 e. The summed E-state index contributed by atoms with van der Waals surface area (Å²) in [6, 6.07) is 0. The fourth-order valence-electron chi connectivity index (χ4n) is 10.4. The van der Waals surface area contributed by atoms with Gasteiger partial charge in [0.2, 0.25) is 0 Å². The first-order valence-electron chi connectivity index (χ1n) is 23.5. The Balaban J connectivity index is 1.20. The first kappa shape index (κ1) is 44.2. The van der Waals surface area contributed by atoms with E-state index >= 15 is 0 Å². The van der Waals surface area contributed by atoms with E-state index in [0.29, 0.717) is 30.4 Å². The molecular formula is C47H72O14. The third-order valence-corrected chi connectivity index (χ3v) is 14.0. The van der Waals surface area contributed by atoms with Crippen LogP contribution in [0.1, 0.15) is 103 Å². The molecule has 0 saturated carbocycles. The molecule has 6 aliphatic heterocycles. The van der Waals surface area contributed by atoms with Crippen LogP contribution >= 0.6 is 0 Å². The van der Waals surface area contributed by atoms with Gasteiger partial charge in [-0.1, -0.05) is 58.1 Å². The molecule has 344 valence electrons. The van der Waals surface area contributed by atoms with Crippen molar-refractivity contribution in [2.24, 2.45) is 23.7 Å². The van der Waals surface area contributed by atoms with Gasteiger partial charge in [-0.25, -0.2) is 0 Å². The average Bonchev–Trinajstić information content (AvgIpc) is 3.58. The molecule has 1 aliphatic carbocycles. The summed E-state index contributed by atoms with van der Waals surface area (Å²) in [5.74, 6) is -3.82. The number of fused-ring (bicyclic) bond motifs is 2. The van der Waals surface area contributed by atoms with Gasteiger partial charge in [-0.05, 0) is 69.1 Å². The zero-order valence-electron chi connectivity index (χ0n) is 39.5. The maximum atomic E-state index is 14.4. The highest BCUT2D eigenvalue weighted by atomic mass is 16.7. The molecule has 61 heavy (non-hydrogen) atoms. The summed E-state index contributed by atoms with van der Waals surface area (Å²) < 4.78 is 81.8. The van der Waals surface area contributed by atoms with Crippen molar-refractivity contribution < 1.29 is 70.2 Å². The maximum Gasteiger partial charge on any atom is 0.316 e. The third-order valence-electron chi connectivity index (χ3n) is 14.0. The number of esters is 1. The number of aliphatic hydroxyl groups is 3. The summed E-state index contributed by atoms with van der Waals surface area (Å²) in [6.45, 7) is 15.4. The van der Waals surface area contributed by atoms with E-state index in [1.165, 1.54) is 0 Å². The molecular weight excluding hydrogens is 789 g/mol. The Morgan fingerprint density at radius 1 is 0.918 bits per heavy atom. The zero-order chi connectivity index (χ0) is 45.7. The molecule has 0 aromatic carbocycles. The smallest absolute Gasteiger partial charge is 0.316 e. The van der Waals surface area contributed by atoms with Crippen molar-refractivity contribution in [3.63, 3.8) is 0 Å². The standard InChI is InChI=1S/C47H72O14/c1-24(2)41-27(5)16-17-46(61-41)22-33-19-32(60-46)15-14-26(4)42(25(3)12-11-13-31-23-54-44-39(48)28(6)18-34(45(50)57-33)47(31,44)51)58-38-21-36(53-10)43(30(8)56-38)59-37-20-35(52-9)40(49)29(7)55-37/h11-14,18,24-25,27,29-30,32-44,48-49,51H,15-17,19-23H2,1-10H3/t25-,27-,29-,30-,32+,33-,34-,35-,36-,37-,38-,39+,40-,41+,42-,43-,44+,46+,47+/m0/s1/i16D,17D/t16?,17?,25-,27-,29-,30-,32+,33-,34-,35-,36-,37-,38-,39+,40-,41+,42-,43-,44+,46+,47+. The molecule has 14 nitrogen and oxygen atoms in total. The lowest BCUT2D eigenvalue weighted by Gasteiger charge is -2.50. The Kier molecular flexibility index (Phi) is 13.9. The molecule has 0 aromatic rings. The second-order valence-electron chi connectivity index (χ2n) is 18.8. The monoisotopic (exact) mass is 863 g/mol. The minimum absolute atomic E-state index is 0.00977. The Bertz CT molecular complexity index is 1740. The van der Waals surface area contributed by atoms with E-state index in [-0.39, 0.29) is 43.3 Å². The maximum absolute atomic E-state index is 14.4. The summed E-state index contributed by atoms with van der Waals surface area (Å²) in [4.78, 5) is 14.4. The summed E-state index contributed by atoms with van der Waals surface area (Å²) in [5.41, 5.74) is -0.0969. The number of allylic oxidation sites excluding steroid dienone is 2. The fourth-order valence-corrected chi connectivity index (χ4v) is 10.4. The van der Waals surface area contributed by atoms with E-state index in [4.69, 9.17) is 48.7 Å². The van der Waals surface area contributed by atoms with Gasteiger partial charge < -0.3 is 62.7 Å². The lowest BCUT2D eigenvalue weighted by atomic mass is 9.71. The van der Waals surface area contributed by atoms with Crippen molar-refractivity contribution in [3.8, 4) is 0 Å². The number of hydrogen-bond donors (Lipinski definition) is 3. The van der Waals surface area contributed by atoms with Crippen LogP contribution in [0.5, 0.6) is 0 Å². The first-order valence-corrected chi connectivity index (χ1v) is 22.3. The van der Waals surface area contributed by atoms with E-state index in [9.17, 15) is 21.5 Å². The molecule has 3 N–H and O–H groups in total. The Hall–Kier alpha value is -2.05. The highest BCUT2D eigenvalue weighted by molar-refractivity contribution is 5.78. The molecule has 0 aromatic heterocycles. The Labute approximate surface area is 364 Å². The van der Waals surface area contributed by atoms with Gasteiger partial charge in [-0.2, -0.15) is 0 Å². The molecule has 5 saturated heterocycles. The molecule has 6 heterocycles. The second kappa shape index (κ2) is 19.2. The molecule has 14 heteroatoms. The van der Waals surface area contributed by atoms with Crippen LogP contribution in [0, 0.1) is 23.7 Å². The van der Waals surface area contributed by atoms with Gasteiger partial charge in [0.05, 0.1) is 49.3 Å². The number of aliphatic hydroxyl groups excluding tert-OH is 2. The molecule has 5 fully saturated rings. The number of carbonyl (C=O) groups excluding carboxylic acids is 1. The van der Waals surface area contributed by atoms with Gasteiger partial charge >= 0.3 is 5.97 Å². The zero-order valence-corrected chi connectivity index (χ0v) is 37.5. The summed E-state index contributed by atoms with van der Waals surface area (Å²) in [5, 5.41) is 34.2. The van der Waals surface area contributed by atoms with Crippen molar-refractivity contribution >= 4 is 5.97 Å². The van der Waals surface area contributed by atoms with Crippen LogP contribution in [0.15, 0.2) is 47.1 Å². The minimum atomic E-state index is -1.90. The summed E-state index contributed by atoms with van der Waals surface area (Å²) in [7, 11) is 3.19. The molecule has 7 aliphatic rings. The Morgan fingerprint density at radius 2 is 1.62 bits per heavy atom. The molecule has 21 atom stereocenters. The lowest BCUT2D eigenvalue weighted by Crippen LogP contribution is -2.58. The second-order valence-corrected chi connectivity index (χ2v) is 18.8. The van der Waals surface area contributed by atoms with E-state index in [1.807, 2.05) is 53.7 Å². The molecule has 2 bridgehead atoms. The molecule has 0 amide bonds. The van der Waals surface area contributed by atoms with Crippen molar-refractivity contribution in [2.75, 3.05) is 20.8 Å². The van der Waals surface area contributed by atoms with Gasteiger partial charge in [-0.3, -0.25) is 4.79 Å². The fraction of sp³-hybridized carbons (Fsp3) is 0.809. The van der Waals surface area contributed by atoms with Crippen LogP contribution < -0.4 is 0 Å². The van der Waals surface area contributed by atoms with E-state index in [2.05, 4.69) is 6.08 Å². The van der Waals surface area contributed by atoms with E-state index in [0.717, 1.165) is 5.57 Å². The van der Waals surface area contributed by atoms with Crippen LogP contribution in [0.4, 0.5) is 0 Å². The van der Waals surface area contributed by atoms with Gasteiger partial charge in [0.1, 0.15) is 42.0 Å². The van der Waals surface area contributed by atoms with Gasteiger partial charge in [0.15, 0.2) is 18.4 Å². The van der Waals surface area contributed by atoms with Crippen LogP contribution in [0.3, 0.4) is 0 Å². The number of rotatable bonds is 7. The molecule has 2 unspecified atom stereocenters. The quantitative estimate of drug-likeness (QED) is 0.225. The molecule has 1 spiro atoms. The van der Waals surface area contributed by atoms with Crippen molar-refractivity contribution in [3.05, 3.63) is 47.1 Å². The van der Waals surface area contributed by atoms with Gasteiger partial charge in [0, 0.05) is 55.0 Å². The first-order chi connectivity index (χ1) is 29.8. The average molecular weight is 863 g/mol. The number of carbonyl (C=O) groups is 1. The summed E-state index contributed by atoms with van der Waals surface area (Å²) >= 11 is 0. The highest BCUT2D eigenvalue weighted by Gasteiger charge is 2.60. The van der Waals surface area contributed by atoms with Crippen LogP contribution in [-0.2, 0) is 52.2 Å². The highest BCUT2D eigenvalue weighted by Crippen LogP contribution is 2.48. The number of hydrogen-bond acceptors (Lipinski definition) is 14. The normalized spacial score (nSPS) is 50.2. The topological polar surface area (TPSA) is 170 Å². The van der Waals surface area contributed by atoms with Crippen molar-refractivity contribution in [2.45, 2.75) is 198 Å². The van der Waals surface area contributed by atoms with Crippen LogP contribution in [-0.4, -0.2) is 139 Å². The minimum Gasteiger partial charge on any atom is -0.462 e. The van der Waals surface area contributed by atoms with E-state index in [1.54, 1.807) is 40.2 Å². The van der Waals surface area contributed by atoms with Crippen LogP contribution in [0.25, 0.3) is 0 Å². The lowest BCUT2D eigenvalue weighted by molar-refractivity contribution is -0.340. The molecule has 7 rings (SSSR count). The van der Waals surface area contributed by atoms with E-state index < -0.39 is 116 Å². The predicted molar refractivity (Wildman–Crippen MR) is 223 cm³/mol. The van der Waals surface area contributed by atoms with Crippen molar-refractivity contribution in [1.82, 2.24) is 0 Å². The van der Waals surface area contributed by atoms with Crippen LogP contribution in [0.2, 0.25) is 0 Å². The number of ether oxygens (including phenoxy) is 10. The van der Waals surface area contributed by atoms with Gasteiger partial charge in [-0.15, -0.1) is 0 Å². The van der Waals surface area contributed by atoms with Gasteiger partial charge in [0.25, 0.3) is 0 Å². The molecule has 0 radical (unpaired) electrons.